The van der Waals surface area contributed by atoms with Crippen molar-refractivity contribution in [2.75, 3.05) is 7.11 Å². The van der Waals surface area contributed by atoms with E-state index in [-0.39, 0.29) is 12.1 Å². The van der Waals surface area contributed by atoms with Crippen LogP contribution in [0.1, 0.15) is 30.3 Å². The third-order valence-electron chi connectivity index (χ3n) is 7.77. The zero-order valence-electron chi connectivity index (χ0n) is 25.0. The van der Waals surface area contributed by atoms with Gasteiger partial charge in [-0.25, -0.2) is 14.3 Å². The summed E-state index contributed by atoms with van der Waals surface area (Å²) >= 11 is 0. The Hall–Kier alpha value is -5.65. The summed E-state index contributed by atoms with van der Waals surface area (Å²) in [6.07, 6.45) is 1.95. The van der Waals surface area contributed by atoms with Gasteiger partial charge < -0.3 is 9.30 Å². The maximum Gasteiger partial charge on any atom is 0.333 e. The summed E-state index contributed by atoms with van der Waals surface area (Å²) in [6, 6.07) is 25.6. The molecule has 6 rings (SSSR count). The second-order valence-corrected chi connectivity index (χ2v) is 10.7. The third-order valence-corrected chi connectivity index (χ3v) is 7.77. The average molecular weight is 605 g/mol. The Kier molecular flexibility index (Phi) is 8.45. The number of hydrogen-bond donors (Lipinski definition) is 1. The van der Waals surface area contributed by atoms with Crippen LogP contribution in [0, 0.1) is 0 Å². The second kappa shape index (κ2) is 12.9. The quantitative estimate of drug-likeness (QED) is 0.221. The number of tetrazole rings is 1. The van der Waals surface area contributed by atoms with Crippen LogP contribution >= 0.6 is 0 Å². The van der Waals surface area contributed by atoms with E-state index in [2.05, 4.69) is 20.6 Å². The number of ether oxygens (including phenoxy) is 1. The molecule has 0 saturated heterocycles. The molecule has 0 bridgehead atoms. The molecule has 3 aromatic heterocycles. The third kappa shape index (κ3) is 5.94. The van der Waals surface area contributed by atoms with Gasteiger partial charge in [-0.2, -0.15) is 5.21 Å². The molecule has 0 aliphatic heterocycles. The van der Waals surface area contributed by atoms with Crippen molar-refractivity contribution in [2.24, 2.45) is 0 Å². The normalized spacial score (nSPS) is 11.2. The molecule has 228 valence electrons. The standard InChI is InChI=1S/C33H32N8O4/c1-3-9-27-34-31-29(32(43)41(21-28(42)45-2)33(44)39(31)19-18-22-10-5-4-6-11-22)40(27)20-23-14-16-24(17-15-23)25-12-7-8-13-26(25)30-35-37-38-36-30/h4-8,10-17H,3,9,18-21H2,1-2H3,(H,35,36,37,38). The molecular weight excluding hydrogens is 572 g/mol. The molecule has 1 N–H and O–H groups in total. The van der Waals surface area contributed by atoms with Crippen LogP contribution in [0.3, 0.4) is 0 Å². The molecule has 0 aliphatic carbocycles. The van der Waals surface area contributed by atoms with Crippen LogP contribution < -0.4 is 11.2 Å². The summed E-state index contributed by atoms with van der Waals surface area (Å²) in [4.78, 5) is 44.7. The molecule has 12 heteroatoms. The monoisotopic (exact) mass is 604 g/mol. The van der Waals surface area contributed by atoms with Crippen molar-refractivity contribution in [2.45, 2.75) is 45.8 Å². The van der Waals surface area contributed by atoms with E-state index < -0.39 is 23.8 Å². The molecule has 0 fully saturated rings. The predicted molar refractivity (Wildman–Crippen MR) is 169 cm³/mol. The van der Waals surface area contributed by atoms with Crippen LogP contribution in [0.15, 0.2) is 88.5 Å². The lowest BCUT2D eigenvalue weighted by molar-refractivity contribution is -0.141. The number of rotatable bonds is 11. The van der Waals surface area contributed by atoms with Gasteiger partial charge in [-0.05, 0) is 40.3 Å². The summed E-state index contributed by atoms with van der Waals surface area (Å²) in [6.45, 7) is 2.19. The molecule has 3 heterocycles. The van der Waals surface area contributed by atoms with Crippen molar-refractivity contribution in [3.05, 3.63) is 117 Å². The van der Waals surface area contributed by atoms with Crippen molar-refractivity contribution in [3.8, 4) is 22.5 Å². The topological polar surface area (TPSA) is 143 Å². The minimum Gasteiger partial charge on any atom is -0.468 e. The Morgan fingerprint density at radius 3 is 2.27 bits per heavy atom. The fraction of sp³-hybridized carbons (Fsp3) is 0.242. The summed E-state index contributed by atoms with van der Waals surface area (Å²) in [5, 5.41) is 14.5. The van der Waals surface area contributed by atoms with Gasteiger partial charge in [0.1, 0.15) is 12.4 Å². The minimum absolute atomic E-state index is 0.279. The molecular formula is C33H32N8O4. The van der Waals surface area contributed by atoms with Gasteiger partial charge in [0, 0.05) is 25.1 Å². The summed E-state index contributed by atoms with van der Waals surface area (Å²) in [7, 11) is 1.23. The Morgan fingerprint density at radius 1 is 0.844 bits per heavy atom. The molecule has 45 heavy (non-hydrogen) atoms. The molecule has 0 amide bonds. The molecule has 0 unspecified atom stereocenters. The zero-order chi connectivity index (χ0) is 31.3. The number of carbonyl (C=O) groups excluding carboxylic acids is 1. The van der Waals surface area contributed by atoms with Crippen molar-refractivity contribution in [3.63, 3.8) is 0 Å². The Labute approximate surface area is 257 Å². The van der Waals surface area contributed by atoms with Crippen LogP contribution in [0.25, 0.3) is 33.7 Å². The van der Waals surface area contributed by atoms with Crippen molar-refractivity contribution in [1.82, 2.24) is 39.3 Å². The lowest BCUT2D eigenvalue weighted by Gasteiger charge is -2.13. The number of fused-ring (bicyclic) bond motifs is 1. The molecule has 3 aromatic carbocycles. The van der Waals surface area contributed by atoms with Crippen molar-refractivity contribution >= 4 is 17.1 Å². The Balaban J connectivity index is 1.43. The fourth-order valence-electron chi connectivity index (χ4n) is 5.52. The first-order valence-electron chi connectivity index (χ1n) is 14.7. The Morgan fingerprint density at radius 2 is 1.58 bits per heavy atom. The zero-order valence-corrected chi connectivity index (χ0v) is 25.0. The minimum atomic E-state index is -0.681. The molecule has 0 aliphatic rings. The van der Waals surface area contributed by atoms with Crippen LogP contribution in [0.4, 0.5) is 0 Å². The van der Waals surface area contributed by atoms with E-state index in [0.717, 1.165) is 38.8 Å². The lowest BCUT2D eigenvalue weighted by Crippen LogP contribution is -2.42. The number of methoxy groups -OCH3 is 1. The van der Waals surface area contributed by atoms with E-state index in [1.54, 1.807) is 0 Å². The Bertz CT molecular complexity index is 2060. The van der Waals surface area contributed by atoms with Crippen molar-refractivity contribution < 1.29 is 9.53 Å². The van der Waals surface area contributed by atoms with E-state index in [0.29, 0.717) is 36.7 Å². The first-order chi connectivity index (χ1) is 22.0. The average Bonchev–Trinajstić information content (AvgIpc) is 3.73. The number of aromatic nitrogens is 8. The van der Waals surface area contributed by atoms with Crippen LogP contribution in [-0.2, 0) is 42.0 Å². The van der Waals surface area contributed by atoms with Gasteiger partial charge in [-0.15, -0.1) is 10.2 Å². The van der Waals surface area contributed by atoms with E-state index in [1.807, 2.05) is 90.4 Å². The number of imidazole rings is 1. The van der Waals surface area contributed by atoms with E-state index in [1.165, 1.54) is 11.7 Å². The highest BCUT2D eigenvalue weighted by molar-refractivity contribution is 5.80. The highest BCUT2D eigenvalue weighted by Gasteiger charge is 2.23. The maximum absolute atomic E-state index is 13.9. The van der Waals surface area contributed by atoms with Crippen molar-refractivity contribution in [1.29, 1.82) is 0 Å². The van der Waals surface area contributed by atoms with E-state index >= 15 is 0 Å². The number of nitrogens with zero attached hydrogens (tertiary/aromatic N) is 7. The van der Waals surface area contributed by atoms with Gasteiger partial charge in [0.25, 0.3) is 5.56 Å². The summed E-state index contributed by atoms with van der Waals surface area (Å²) in [5.74, 6) is 0.518. The lowest BCUT2D eigenvalue weighted by atomic mass is 9.98. The second-order valence-electron chi connectivity index (χ2n) is 10.7. The summed E-state index contributed by atoms with van der Waals surface area (Å²) < 4.78 is 9.13. The van der Waals surface area contributed by atoms with Gasteiger partial charge in [-0.3, -0.25) is 14.2 Å². The van der Waals surface area contributed by atoms with E-state index in [9.17, 15) is 14.4 Å². The maximum atomic E-state index is 13.9. The van der Waals surface area contributed by atoms with Crippen LogP contribution in [-0.4, -0.2) is 52.4 Å². The number of nitrogens with one attached hydrogen (secondary N) is 1. The molecule has 0 atom stereocenters. The fourth-order valence-corrected chi connectivity index (χ4v) is 5.52. The van der Waals surface area contributed by atoms with Gasteiger partial charge in [0.15, 0.2) is 11.2 Å². The predicted octanol–water partition coefficient (Wildman–Crippen LogP) is 3.62. The molecule has 6 aromatic rings. The number of aryl methyl sites for hydroxylation is 3. The van der Waals surface area contributed by atoms with Gasteiger partial charge in [-0.1, -0.05) is 85.8 Å². The number of esters is 1. The SMILES string of the molecule is CCCc1nc2c(c(=O)n(CC(=O)OC)c(=O)n2CCc2ccccc2)n1Cc1ccc(-c2ccccc2-c2nn[nH]n2)cc1. The number of carbonyl (C=O) groups is 1. The molecule has 12 nitrogen and oxygen atoms in total. The van der Waals surface area contributed by atoms with E-state index in [4.69, 9.17) is 9.72 Å². The largest absolute Gasteiger partial charge is 0.468 e. The number of H-pyrrole nitrogens is 1. The number of benzene rings is 3. The smallest absolute Gasteiger partial charge is 0.333 e. The van der Waals surface area contributed by atoms with Gasteiger partial charge >= 0.3 is 11.7 Å². The molecule has 0 radical (unpaired) electrons. The first-order valence-corrected chi connectivity index (χ1v) is 14.7. The molecule has 0 saturated carbocycles. The highest BCUT2D eigenvalue weighted by Crippen LogP contribution is 2.30. The number of aromatic amines is 1. The van der Waals surface area contributed by atoms with Crippen LogP contribution in [0.5, 0.6) is 0 Å². The first kappa shape index (κ1) is 29.4. The molecule has 0 spiro atoms. The van der Waals surface area contributed by atoms with Gasteiger partial charge in [0.2, 0.25) is 5.82 Å². The number of hydrogen-bond acceptors (Lipinski definition) is 8. The van der Waals surface area contributed by atoms with Crippen LogP contribution in [0.2, 0.25) is 0 Å². The van der Waals surface area contributed by atoms with Gasteiger partial charge in [0.05, 0.1) is 7.11 Å². The summed E-state index contributed by atoms with van der Waals surface area (Å²) in [5.41, 5.74) is 4.19. The highest BCUT2D eigenvalue weighted by atomic mass is 16.5.